The number of para-hydroxylation sites is 2. The number of nitrogens with two attached hydrogens (primary N) is 1. The number of carbonyl (C=O) groups is 2. The standard InChI is InChI=1S/C35H42N4O4/c1-25-31-13-6-7-14-32(31)39(20-9-21-42-2)34(25)27-10-8-19-38(24-27)33(40)23-28(36)22-26-15-17-29(18-16-26)37-35(41)43-30-11-4-3-5-12-30/h3-7,11-18,27-28H,8-10,19-24,36H2,1-2H3,(H,37,41). The van der Waals surface area contributed by atoms with Crippen molar-refractivity contribution >= 4 is 28.6 Å². The van der Waals surface area contributed by atoms with E-state index < -0.39 is 6.09 Å². The molecule has 2 amide bonds. The summed E-state index contributed by atoms with van der Waals surface area (Å²) < 4.78 is 13.1. The lowest BCUT2D eigenvalue weighted by Crippen LogP contribution is -2.42. The van der Waals surface area contributed by atoms with Gasteiger partial charge in [-0.2, -0.15) is 0 Å². The maximum atomic E-state index is 13.4. The summed E-state index contributed by atoms with van der Waals surface area (Å²) in [7, 11) is 1.74. The molecule has 4 aromatic rings. The molecule has 2 atom stereocenters. The Hall–Kier alpha value is -4.14. The minimum Gasteiger partial charge on any atom is -0.410 e. The number of fused-ring (bicyclic) bond motifs is 1. The lowest BCUT2D eigenvalue weighted by atomic mass is 9.91. The van der Waals surface area contributed by atoms with E-state index in [-0.39, 0.29) is 17.9 Å². The Kier molecular flexibility index (Phi) is 10.1. The first-order valence-electron chi connectivity index (χ1n) is 15.2. The van der Waals surface area contributed by atoms with Crippen LogP contribution in [0.2, 0.25) is 0 Å². The number of hydrogen-bond acceptors (Lipinski definition) is 5. The van der Waals surface area contributed by atoms with Crippen molar-refractivity contribution in [2.45, 2.75) is 57.5 Å². The van der Waals surface area contributed by atoms with E-state index in [0.717, 1.165) is 44.5 Å². The number of carbonyl (C=O) groups excluding carboxylic acids is 2. The fraction of sp³-hybridized carbons (Fsp3) is 0.371. The van der Waals surface area contributed by atoms with E-state index in [1.165, 1.54) is 22.2 Å². The summed E-state index contributed by atoms with van der Waals surface area (Å²) in [5.41, 5.74) is 12.0. The number of piperidine rings is 1. The number of hydrogen-bond donors (Lipinski definition) is 2. The lowest BCUT2D eigenvalue weighted by Gasteiger charge is -2.34. The van der Waals surface area contributed by atoms with Crippen LogP contribution in [-0.4, -0.2) is 54.3 Å². The number of ether oxygens (including phenoxy) is 2. The van der Waals surface area contributed by atoms with Gasteiger partial charge in [-0.25, -0.2) is 4.79 Å². The van der Waals surface area contributed by atoms with Gasteiger partial charge in [-0.15, -0.1) is 0 Å². The highest BCUT2D eigenvalue weighted by Crippen LogP contribution is 2.36. The summed E-state index contributed by atoms with van der Waals surface area (Å²) in [5.74, 6) is 0.878. The van der Waals surface area contributed by atoms with Gasteiger partial charge in [-0.1, -0.05) is 48.5 Å². The Balaban J connectivity index is 1.17. The van der Waals surface area contributed by atoms with Crippen molar-refractivity contribution in [3.63, 3.8) is 0 Å². The number of nitrogens with one attached hydrogen (secondary N) is 1. The van der Waals surface area contributed by atoms with Gasteiger partial charge < -0.3 is 24.7 Å². The smallest absolute Gasteiger partial charge is 0.410 e. The van der Waals surface area contributed by atoms with E-state index in [2.05, 4.69) is 41.1 Å². The highest BCUT2D eigenvalue weighted by atomic mass is 16.6. The first-order chi connectivity index (χ1) is 20.9. The lowest BCUT2D eigenvalue weighted by molar-refractivity contribution is -0.132. The first kappa shape index (κ1) is 30.3. The summed E-state index contributed by atoms with van der Waals surface area (Å²) >= 11 is 0. The molecule has 8 nitrogen and oxygen atoms in total. The van der Waals surface area contributed by atoms with E-state index in [1.807, 2.05) is 47.4 Å². The molecule has 0 saturated carbocycles. The Morgan fingerprint density at radius 3 is 2.53 bits per heavy atom. The number of amides is 2. The van der Waals surface area contributed by atoms with Crippen LogP contribution in [0.4, 0.5) is 10.5 Å². The zero-order valence-electron chi connectivity index (χ0n) is 25.1. The third-order valence-corrected chi connectivity index (χ3v) is 8.25. The molecular formula is C35H42N4O4. The molecule has 3 N–H and O–H groups in total. The van der Waals surface area contributed by atoms with Crippen molar-refractivity contribution in [3.05, 3.63) is 95.7 Å². The van der Waals surface area contributed by atoms with Crippen LogP contribution in [0, 0.1) is 6.92 Å². The van der Waals surface area contributed by atoms with Crippen molar-refractivity contribution in [1.82, 2.24) is 9.47 Å². The number of rotatable bonds is 11. The van der Waals surface area contributed by atoms with E-state index in [0.29, 0.717) is 30.8 Å². The molecular weight excluding hydrogens is 540 g/mol. The average molecular weight is 583 g/mol. The van der Waals surface area contributed by atoms with Crippen LogP contribution in [0.25, 0.3) is 10.9 Å². The molecule has 1 aromatic heterocycles. The van der Waals surface area contributed by atoms with Gasteiger partial charge in [-0.05, 0) is 74.1 Å². The molecule has 0 bridgehead atoms. The minimum atomic E-state index is -0.549. The van der Waals surface area contributed by atoms with Gasteiger partial charge in [0, 0.05) is 74.0 Å². The minimum absolute atomic E-state index is 0.110. The summed E-state index contributed by atoms with van der Waals surface area (Å²) in [5, 5.41) is 4.02. The van der Waals surface area contributed by atoms with Gasteiger partial charge in [-0.3, -0.25) is 10.1 Å². The van der Waals surface area contributed by atoms with Gasteiger partial charge in [0.15, 0.2) is 0 Å². The summed E-state index contributed by atoms with van der Waals surface area (Å²) in [4.78, 5) is 27.6. The molecule has 226 valence electrons. The predicted octanol–water partition coefficient (Wildman–Crippen LogP) is 6.26. The molecule has 1 saturated heterocycles. The number of benzene rings is 3. The van der Waals surface area contributed by atoms with Gasteiger partial charge >= 0.3 is 6.09 Å². The van der Waals surface area contributed by atoms with Crippen LogP contribution in [-0.2, 0) is 22.5 Å². The number of methoxy groups -OCH3 is 1. The normalized spacial score (nSPS) is 15.8. The topological polar surface area (TPSA) is 98.8 Å². The molecule has 43 heavy (non-hydrogen) atoms. The predicted molar refractivity (Wildman–Crippen MR) is 171 cm³/mol. The van der Waals surface area contributed by atoms with Crippen LogP contribution in [0.3, 0.4) is 0 Å². The maximum absolute atomic E-state index is 13.4. The fourth-order valence-corrected chi connectivity index (χ4v) is 6.25. The number of nitrogens with zero attached hydrogens (tertiary/aromatic N) is 2. The second-order valence-corrected chi connectivity index (χ2v) is 11.4. The molecule has 2 unspecified atom stereocenters. The highest BCUT2D eigenvalue weighted by molar-refractivity contribution is 5.86. The van der Waals surface area contributed by atoms with Crippen molar-refractivity contribution in [2.24, 2.45) is 5.73 Å². The molecule has 1 fully saturated rings. The van der Waals surface area contributed by atoms with E-state index in [4.69, 9.17) is 15.2 Å². The maximum Gasteiger partial charge on any atom is 0.417 e. The Morgan fingerprint density at radius 2 is 1.77 bits per heavy atom. The van der Waals surface area contributed by atoms with Crippen molar-refractivity contribution in [1.29, 1.82) is 0 Å². The van der Waals surface area contributed by atoms with Crippen molar-refractivity contribution in [3.8, 4) is 5.75 Å². The van der Waals surface area contributed by atoms with Crippen molar-refractivity contribution in [2.75, 3.05) is 32.1 Å². The molecule has 0 aliphatic carbocycles. The molecule has 2 heterocycles. The molecule has 0 spiro atoms. The van der Waals surface area contributed by atoms with Gasteiger partial charge in [0.05, 0.1) is 0 Å². The second kappa shape index (κ2) is 14.4. The summed E-state index contributed by atoms with van der Waals surface area (Å²) in [6.07, 6.45) is 3.31. The Bertz CT molecular complexity index is 1520. The fourth-order valence-electron chi connectivity index (χ4n) is 6.25. The van der Waals surface area contributed by atoms with E-state index in [1.54, 1.807) is 19.2 Å². The van der Waals surface area contributed by atoms with E-state index in [9.17, 15) is 9.59 Å². The number of aromatic nitrogens is 1. The summed E-state index contributed by atoms with van der Waals surface area (Å²) in [6, 6.07) is 24.7. The molecule has 3 aromatic carbocycles. The SMILES string of the molecule is COCCCn1c(C2CCCN(C(=O)CC(N)Cc3ccc(NC(=O)Oc4ccccc4)cc3)C2)c(C)c2ccccc21. The monoisotopic (exact) mass is 582 g/mol. The molecule has 5 rings (SSSR count). The summed E-state index contributed by atoms with van der Waals surface area (Å²) in [6.45, 7) is 5.32. The highest BCUT2D eigenvalue weighted by Gasteiger charge is 2.29. The number of likely N-dealkylation sites (tertiary alicyclic amines) is 1. The molecule has 1 aliphatic rings. The van der Waals surface area contributed by atoms with Gasteiger partial charge in [0.2, 0.25) is 5.91 Å². The van der Waals surface area contributed by atoms with Crippen molar-refractivity contribution < 1.29 is 19.1 Å². The van der Waals surface area contributed by atoms with Crippen LogP contribution in [0.1, 0.15) is 48.4 Å². The number of aryl methyl sites for hydroxylation is 2. The van der Waals surface area contributed by atoms with Gasteiger partial charge in [0.1, 0.15) is 5.75 Å². The quantitative estimate of drug-likeness (QED) is 0.203. The van der Waals surface area contributed by atoms with Crippen LogP contribution < -0.4 is 15.8 Å². The zero-order chi connectivity index (χ0) is 30.2. The molecule has 0 radical (unpaired) electrons. The third-order valence-electron chi connectivity index (χ3n) is 8.25. The van der Waals surface area contributed by atoms with Crippen LogP contribution >= 0.6 is 0 Å². The Morgan fingerprint density at radius 1 is 1.02 bits per heavy atom. The molecule has 1 aliphatic heterocycles. The largest absolute Gasteiger partial charge is 0.417 e. The zero-order valence-corrected chi connectivity index (χ0v) is 25.1. The second-order valence-electron chi connectivity index (χ2n) is 11.4. The van der Waals surface area contributed by atoms with E-state index >= 15 is 0 Å². The molecule has 8 heteroatoms. The van der Waals surface area contributed by atoms with Crippen LogP contribution in [0.15, 0.2) is 78.9 Å². The average Bonchev–Trinajstić information content (AvgIpc) is 3.30. The van der Waals surface area contributed by atoms with Crippen LogP contribution in [0.5, 0.6) is 5.75 Å². The Labute approximate surface area is 253 Å². The number of anilines is 1. The first-order valence-corrected chi connectivity index (χ1v) is 15.2. The third kappa shape index (κ3) is 7.63. The van der Waals surface area contributed by atoms with Gasteiger partial charge in [0.25, 0.3) is 0 Å².